The third kappa shape index (κ3) is 7.31. The molecular formula is C23H29F3N4O. The highest BCUT2D eigenvalue weighted by Gasteiger charge is 2.30. The monoisotopic (exact) mass is 434 g/mol. The number of carbonyl (C=O) groups excluding carboxylic acids is 1. The summed E-state index contributed by atoms with van der Waals surface area (Å²) < 4.78 is 38.6. The Kier molecular flexibility index (Phi) is 8.90. The van der Waals surface area contributed by atoms with Gasteiger partial charge in [0, 0.05) is 31.7 Å². The number of guanidine groups is 1. The Morgan fingerprint density at radius 1 is 0.968 bits per heavy atom. The smallest absolute Gasteiger partial charge is 0.357 e. The summed E-state index contributed by atoms with van der Waals surface area (Å²) in [5.74, 6) is 0.503. The van der Waals surface area contributed by atoms with Gasteiger partial charge in [0.15, 0.2) is 5.96 Å². The maximum atomic E-state index is 12.9. The number of carbonyl (C=O) groups is 1. The summed E-state index contributed by atoms with van der Waals surface area (Å²) in [5, 5.41) is 6.25. The van der Waals surface area contributed by atoms with Crippen LogP contribution in [0.15, 0.2) is 53.5 Å². The maximum Gasteiger partial charge on any atom is 0.416 e. The van der Waals surface area contributed by atoms with Gasteiger partial charge in [-0.2, -0.15) is 13.2 Å². The molecule has 0 bridgehead atoms. The highest BCUT2D eigenvalue weighted by atomic mass is 19.4. The fraction of sp³-hybridized carbons (Fsp3) is 0.391. The van der Waals surface area contributed by atoms with Crippen LogP contribution in [-0.4, -0.2) is 36.4 Å². The summed E-state index contributed by atoms with van der Waals surface area (Å²) in [6.07, 6.45) is -4.37. The Labute approximate surface area is 181 Å². The van der Waals surface area contributed by atoms with Crippen molar-refractivity contribution in [2.75, 3.05) is 19.6 Å². The van der Waals surface area contributed by atoms with Crippen molar-refractivity contribution in [3.8, 4) is 0 Å². The Morgan fingerprint density at radius 3 is 2.23 bits per heavy atom. The number of nitrogens with zero attached hydrogens (tertiary/aromatic N) is 2. The molecule has 8 heteroatoms. The van der Waals surface area contributed by atoms with Crippen LogP contribution < -0.4 is 10.6 Å². The second-order valence-electron chi connectivity index (χ2n) is 6.92. The number of rotatable bonds is 8. The summed E-state index contributed by atoms with van der Waals surface area (Å²) in [5.41, 5.74) is 1.39. The van der Waals surface area contributed by atoms with Gasteiger partial charge in [-0.05, 0) is 56.2 Å². The highest BCUT2D eigenvalue weighted by Crippen LogP contribution is 2.29. The molecule has 0 atom stereocenters. The molecule has 0 aliphatic rings. The number of alkyl halides is 3. The van der Waals surface area contributed by atoms with Gasteiger partial charge in [0.2, 0.25) is 0 Å². The minimum absolute atomic E-state index is 0.000461. The second kappa shape index (κ2) is 11.4. The van der Waals surface area contributed by atoms with Gasteiger partial charge >= 0.3 is 6.18 Å². The van der Waals surface area contributed by atoms with Crippen molar-refractivity contribution in [2.24, 2.45) is 4.99 Å². The van der Waals surface area contributed by atoms with Crippen LogP contribution in [0.4, 0.5) is 13.2 Å². The number of halogens is 3. The lowest BCUT2D eigenvalue weighted by Gasteiger charge is -2.18. The first-order chi connectivity index (χ1) is 14.8. The van der Waals surface area contributed by atoms with Gasteiger partial charge in [-0.15, -0.1) is 0 Å². The fourth-order valence-corrected chi connectivity index (χ4v) is 3.00. The third-order valence-electron chi connectivity index (χ3n) is 4.73. The van der Waals surface area contributed by atoms with E-state index >= 15 is 0 Å². The zero-order valence-electron chi connectivity index (χ0n) is 18.1. The Bertz CT molecular complexity index is 875. The van der Waals surface area contributed by atoms with E-state index < -0.39 is 11.7 Å². The van der Waals surface area contributed by atoms with Gasteiger partial charge in [0.1, 0.15) is 0 Å². The predicted molar refractivity (Wildman–Crippen MR) is 117 cm³/mol. The first-order valence-electron chi connectivity index (χ1n) is 10.3. The van der Waals surface area contributed by atoms with Crippen molar-refractivity contribution in [3.63, 3.8) is 0 Å². The Balaban J connectivity index is 2.01. The summed E-state index contributed by atoms with van der Waals surface area (Å²) in [6.45, 7) is 8.33. The second-order valence-corrected chi connectivity index (χ2v) is 6.92. The topological polar surface area (TPSA) is 56.7 Å². The lowest BCUT2D eigenvalue weighted by atomic mass is 10.1. The van der Waals surface area contributed by atoms with Crippen molar-refractivity contribution in [1.29, 1.82) is 0 Å². The van der Waals surface area contributed by atoms with Crippen LogP contribution in [0.1, 0.15) is 47.8 Å². The lowest BCUT2D eigenvalue weighted by Crippen LogP contribution is -2.36. The van der Waals surface area contributed by atoms with E-state index in [0.29, 0.717) is 43.3 Å². The van der Waals surface area contributed by atoms with Crippen molar-refractivity contribution in [3.05, 3.63) is 70.8 Å². The number of amides is 1. The van der Waals surface area contributed by atoms with E-state index in [4.69, 9.17) is 0 Å². The first-order valence-corrected chi connectivity index (χ1v) is 10.3. The zero-order chi connectivity index (χ0) is 22.9. The Hall–Kier alpha value is -3.03. The van der Waals surface area contributed by atoms with Crippen molar-refractivity contribution in [2.45, 2.75) is 40.0 Å². The molecule has 2 aromatic rings. The maximum absolute atomic E-state index is 12.9. The molecule has 168 valence electrons. The van der Waals surface area contributed by atoms with Gasteiger partial charge in [-0.3, -0.25) is 4.79 Å². The SMILES string of the molecule is CCNC(=NCc1cccc(C(F)(F)F)c1)NCc1ccc(C(=O)N(CC)CC)cc1. The van der Waals surface area contributed by atoms with E-state index in [0.717, 1.165) is 17.7 Å². The number of hydrogen-bond acceptors (Lipinski definition) is 2. The molecule has 0 aliphatic carbocycles. The fourth-order valence-electron chi connectivity index (χ4n) is 3.00. The largest absolute Gasteiger partial charge is 0.416 e. The predicted octanol–water partition coefficient (Wildman–Crippen LogP) is 4.44. The first kappa shape index (κ1) is 24.2. The number of aliphatic imine (C=N–C) groups is 1. The van der Waals surface area contributed by atoms with Crippen LogP contribution in [0.5, 0.6) is 0 Å². The average Bonchev–Trinajstić information content (AvgIpc) is 2.76. The molecule has 31 heavy (non-hydrogen) atoms. The highest BCUT2D eigenvalue weighted by molar-refractivity contribution is 5.94. The molecule has 2 aromatic carbocycles. The van der Waals surface area contributed by atoms with E-state index in [1.165, 1.54) is 6.07 Å². The summed E-state index contributed by atoms with van der Waals surface area (Å²) in [4.78, 5) is 18.5. The minimum Gasteiger partial charge on any atom is -0.357 e. The standard InChI is InChI=1S/C23H29F3N4O/c1-4-27-22(29-16-18-8-7-9-20(14-18)23(24,25)26)28-15-17-10-12-19(13-11-17)21(31)30(5-2)6-3/h7-14H,4-6,15-16H2,1-3H3,(H2,27,28,29). The van der Waals surface area contributed by atoms with E-state index in [9.17, 15) is 18.0 Å². The van der Waals surface area contributed by atoms with Crippen molar-refractivity contribution >= 4 is 11.9 Å². The molecule has 1 amide bonds. The van der Waals surface area contributed by atoms with E-state index in [-0.39, 0.29) is 12.5 Å². The van der Waals surface area contributed by atoms with E-state index in [1.54, 1.807) is 23.1 Å². The Morgan fingerprint density at radius 2 is 1.65 bits per heavy atom. The summed E-state index contributed by atoms with van der Waals surface area (Å²) in [6, 6.07) is 12.5. The molecule has 5 nitrogen and oxygen atoms in total. The number of nitrogens with one attached hydrogen (secondary N) is 2. The van der Waals surface area contributed by atoms with Gasteiger partial charge < -0.3 is 15.5 Å². The average molecular weight is 435 g/mol. The number of benzene rings is 2. The van der Waals surface area contributed by atoms with Crippen molar-refractivity contribution < 1.29 is 18.0 Å². The van der Waals surface area contributed by atoms with Gasteiger partial charge in [-0.1, -0.05) is 24.3 Å². The normalized spacial score (nSPS) is 11.9. The molecule has 0 spiro atoms. The summed E-state index contributed by atoms with van der Waals surface area (Å²) in [7, 11) is 0. The third-order valence-corrected chi connectivity index (χ3v) is 4.73. The lowest BCUT2D eigenvalue weighted by molar-refractivity contribution is -0.137. The molecule has 2 rings (SSSR count). The molecule has 0 unspecified atom stereocenters. The van der Waals surface area contributed by atoms with Crippen LogP contribution in [0.25, 0.3) is 0 Å². The van der Waals surface area contributed by atoms with Gasteiger partial charge in [-0.25, -0.2) is 4.99 Å². The molecule has 0 aliphatic heterocycles. The molecule has 0 saturated carbocycles. The van der Waals surface area contributed by atoms with E-state index in [1.807, 2.05) is 32.9 Å². The number of hydrogen-bond donors (Lipinski definition) is 2. The minimum atomic E-state index is -4.37. The zero-order valence-corrected chi connectivity index (χ0v) is 18.1. The van der Waals surface area contributed by atoms with Crippen LogP contribution in [0.3, 0.4) is 0 Å². The molecule has 0 radical (unpaired) electrons. The van der Waals surface area contributed by atoms with Gasteiger partial charge in [0.05, 0.1) is 12.1 Å². The van der Waals surface area contributed by atoms with Crippen LogP contribution >= 0.6 is 0 Å². The van der Waals surface area contributed by atoms with Crippen LogP contribution in [0.2, 0.25) is 0 Å². The molecule has 0 fully saturated rings. The molecule has 0 aromatic heterocycles. The van der Waals surface area contributed by atoms with E-state index in [2.05, 4.69) is 15.6 Å². The molecular weight excluding hydrogens is 405 g/mol. The van der Waals surface area contributed by atoms with Gasteiger partial charge in [0.25, 0.3) is 5.91 Å². The molecule has 2 N–H and O–H groups in total. The van der Waals surface area contributed by atoms with Crippen LogP contribution in [0, 0.1) is 0 Å². The van der Waals surface area contributed by atoms with Crippen LogP contribution in [-0.2, 0) is 19.3 Å². The summed E-state index contributed by atoms with van der Waals surface area (Å²) >= 11 is 0. The molecule has 0 saturated heterocycles. The van der Waals surface area contributed by atoms with Crippen molar-refractivity contribution in [1.82, 2.24) is 15.5 Å². The molecule has 0 heterocycles. The quantitative estimate of drug-likeness (QED) is 0.477.